The molecule has 0 atom stereocenters. The lowest BCUT2D eigenvalue weighted by Crippen LogP contribution is -2.41. The maximum absolute atomic E-state index is 8.74. The lowest BCUT2D eigenvalue weighted by molar-refractivity contribution is 0.381. The van der Waals surface area contributed by atoms with E-state index in [0.717, 1.165) is 0 Å². The number of hydrazine groups is 2. The summed E-state index contributed by atoms with van der Waals surface area (Å²) in [6.45, 7) is 12.0. The van der Waals surface area contributed by atoms with Crippen LogP contribution in [0.5, 0.6) is 0 Å². The fourth-order valence-corrected chi connectivity index (χ4v) is 0. The highest BCUT2D eigenvalue weighted by Gasteiger charge is 2.03. The van der Waals surface area contributed by atoms with E-state index >= 15 is 0 Å². The molecule has 0 radical (unpaired) electrons. The molecule has 0 aliphatic rings. The minimum atomic E-state index is -4.67. The predicted octanol–water partition coefficient (Wildman–Crippen LogP) is -0.156. The van der Waals surface area contributed by atoms with E-state index < -0.39 is 10.4 Å². The Morgan fingerprint density at radius 3 is 0.882 bits per heavy atom. The topological polar surface area (TPSA) is 151 Å². The van der Waals surface area contributed by atoms with E-state index in [0.29, 0.717) is 0 Å². The minimum Gasteiger partial charge on any atom is -0.271 e. The molecular formula is C8H26N4O4S. The molecule has 0 aliphatic heterocycles. The summed E-state index contributed by atoms with van der Waals surface area (Å²) in [5, 5.41) is 0. The van der Waals surface area contributed by atoms with E-state index in [-0.39, 0.29) is 11.1 Å². The van der Waals surface area contributed by atoms with Crippen molar-refractivity contribution in [2.75, 3.05) is 0 Å². The summed E-state index contributed by atoms with van der Waals surface area (Å²) in [6, 6.07) is 0. The second-order valence-electron chi connectivity index (χ2n) is 5.24. The highest BCUT2D eigenvalue weighted by atomic mass is 32.3. The molecule has 0 spiro atoms. The first-order chi connectivity index (χ1) is 7.12. The average Bonchev–Trinajstić information content (AvgIpc) is 2.00. The fourth-order valence-electron chi connectivity index (χ4n) is 0. The van der Waals surface area contributed by atoms with Crippen molar-refractivity contribution < 1.29 is 17.5 Å². The SMILES string of the molecule is CC(C)(C)NN.CC(C)(C)NN.O=S(=O)(O)O. The molecule has 8 nitrogen and oxygen atoms in total. The van der Waals surface area contributed by atoms with Gasteiger partial charge in [0.2, 0.25) is 0 Å². The van der Waals surface area contributed by atoms with Gasteiger partial charge in [0.05, 0.1) is 0 Å². The Labute approximate surface area is 104 Å². The zero-order valence-corrected chi connectivity index (χ0v) is 12.1. The molecule has 0 aromatic heterocycles. The van der Waals surface area contributed by atoms with Crippen LogP contribution in [0.4, 0.5) is 0 Å². The third-order valence-electron chi connectivity index (χ3n) is 0.866. The van der Waals surface area contributed by atoms with Crippen LogP contribution < -0.4 is 22.5 Å². The predicted molar refractivity (Wildman–Crippen MR) is 68.3 cm³/mol. The average molecular weight is 274 g/mol. The van der Waals surface area contributed by atoms with Crippen LogP contribution in [0.15, 0.2) is 0 Å². The summed E-state index contributed by atoms with van der Waals surface area (Å²) >= 11 is 0. The Morgan fingerprint density at radius 1 is 0.824 bits per heavy atom. The van der Waals surface area contributed by atoms with E-state index in [9.17, 15) is 0 Å². The molecule has 0 heterocycles. The second kappa shape index (κ2) is 8.75. The molecule has 0 saturated heterocycles. The van der Waals surface area contributed by atoms with Gasteiger partial charge < -0.3 is 0 Å². The smallest absolute Gasteiger partial charge is 0.271 e. The van der Waals surface area contributed by atoms with Crippen LogP contribution in [0.2, 0.25) is 0 Å². The summed E-state index contributed by atoms with van der Waals surface area (Å²) in [6.07, 6.45) is 0. The Bertz CT molecular complexity index is 244. The summed E-state index contributed by atoms with van der Waals surface area (Å²) in [4.78, 5) is 0. The van der Waals surface area contributed by atoms with Crippen molar-refractivity contribution in [1.29, 1.82) is 0 Å². The third-order valence-corrected chi connectivity index (χ3v) is 0.866. The largest absolute Gasteiger partial charge is 0.394 e. The van der Waals surface area contributed by atoms with Crippen LogP contribution in [0.3, 0.4) is 0 Å². The second-order valence-corrected chi connectivity index (χ2v) is 6.13. The van der Waals surface area contributed by atoms with Crippen LogP contribution in [-0.2, 0) is 10.4 Å². The Hall–Kier alpha value is -0.290. The molecule has 108 valence electrons. The van der Waals surface area contributed by atoms with E-state index in [1.165, 1.54) is 0 Å². The number of nitrogens with one attached hydrogen (secondary N) is 2. The van der Waals surface area contributed by atoms with Gasteiger partial charge in [0.1, 0.15) is 0 Å². The number of hydrogen-bond donors (Lipinski definition) is 6. The Kier molecular flexibility index (Phi) is 11.3. The molecule has 0 bridgehead atoms. The summed E-state index contributed by atoms with van der Waals surface area (Å²) < 4.78 is 31.6. The van der Waals surface area contributed by atoms with E-state index in [1.54, 1.807) is 0 Å². The van der Waals surface area contributed by atoms with Crippen molar-refractivity contribution in [2.45, 2.75) is 52.6 Å². The summed E-state index contributed by atoms with van der Waals surface area (Å²) in [7, 11) is -4.67. The van der Waals surface area contributed by atoms with Gasteiger partial charge in [0, 0.05) is 11.1 Å². The first-order valence-electron chi connectivity index (χ1n) is 4.78. The minimum absolute atomic E-state index is 0.0694. The van der Waals surface area contributed by atoms with Gasteiger partial charge in [0.25, 0.3) is 0 Å². The molecule has 0 amide bonds. The van der Waals surface area contributed by atoms with Crippen LogP contribution in [0, 0.1) is 0 Å². The van der Waals surface area contributed by atoms with Gasteiger partial charge in [-0.05, 0) is 41.5 Å². The van der Waals surface area contributed by atoms with Gasteiger partial charge >= 0.3 is 10.4 Å². The van der Waals surface area contributed by atoms with E-state index in [2.05, 4.69) is 10.9 Å². The quantitative estimate of drug-likeness (QED) is 0.203. The van der Waals surface area contributed by atoms with Gasteiger partial charge in [-0.1, -0.05) is 0 Å². The van der Waals surface area contributed by atoms with Crippen LogP contribution in [0.25, 0.3) is 0 Å². The third kappa shape index (κ3) is 90.6. The van der Waals surface area contributed by atoms with Gasteiger partial charge in [-0.2, -0.15) is 8.42 Å². The highest BCUT2D eigenvalue weighted by molar-refractivity contribution is 7.79. The molecule has 8 N–H and O–H groups in total. The van der Waals surface area contributed by atoms with Crippen LogP contribution >= 0.6 is 0 Å². The normalized spacial score (nSPS) is 11.9. The lowest BCUT2D eigenvalue weighted by Gasteiger charge is -2.14. The Balaban J connectivity index is -0.000000174. The van der Waals surface area contributed by atoms with Crippen molar-refractivity contribution in [2.24, 2.45) is 11.7 Å². The standard InChI is InChI=1S/2C4H12N2.H2O4S/c2*1-4(2,3)6-5;1-5(2,3)4/h2*6H,5H2,1-3H3;(H2,1,2,3,4). The van der Waals surface area contributed by atoms with Crippen molar-refractivity contribution in [1.82, 2.24) is 10.9 Å². The maximum atomic E-state index is 8.74. The van der Waals surface area contributed by atoms with Gasteiger partial charge in [0.15, 0.2) is 0 Å². The molecule has 9 heteroatoms. The molecule has 17 heavy (non-hydrogen) atoms. The van der Waals surface area contributed by atoms with Crippen LogP contribution in [0.1, 0.15) is 41.5 Å². The first kappa shape index (κ1) is 21.9. The van der Waals surface area contributed by atoms with Gasteiger partial charge in [-0.3, -0.25) is 31.6 Å². The highest BCUT2D eigenvalue weighted by Crippen LogP contribution is 1.93. The fraction of sp³-hybridized carbons (Fsp3) is 1.00. The zero-order chi connectivity index (χ0) is 14.9. The molecule has 0 aromatic rings. The molecule has 0 aliphatic carbocycles. The molecule has 0 aromatic carbocycles. The summed E-state index contributed by atoms with van der Waals surface area (Å²) in [5.74, 6) is 10.1. The van der Waals surface area contributed by atoms with Gasteiger partial charge in [-0.15, -0.1) is 0 Å². The van der Waals surface area contributed by atoms with E-state index in [1.807, 2.05) is 41.5 Å². The lowest BCUT2D eigenvalue weighted by atomic mass is 10.1. The molecule has 0 fully saturated rings. The molecule has 0 unspecified atom stereocenters. The van der Waals surface area contributed by atoms with E-state index in [4.69, 9.17) is 29.2 Å². The number of nitrogens with two attached hydrogens (primary N) is 2. The number of hydrogen-bond acceptors (Lipinski definition) is 6. The van der Waals surface area contributed by atoms with Crippen molar-refractivity contribution in [3.8, 4) is 0 Å². The molecule has 0 rings (SSSR count). The number of rotatable bonds is 0. The molecular weight excluding hydrogens is 248 g/mol. The van der Waals surface area contributed by atoms with Crippen molar-refractivity contribution in [3.63, 3.8) is 0 Å². The monoisotopic (exact) mass is 274 g/mol. The van der Waals surface area contributed by atoms with Crippen LogP contribution in [-0.4, -0.2) is 28.6 Å². The Morgan fingerprint density at radius 2 is 0.882 bits per heavy atom. The first-order valence-corrected chi connectivity index (χ1v) is 6.17. The van der Waals surface area contributed by atoms with Gasteiger partial charge in [-0.25, -0.2) is 0 Å². The molecule has 0 saturated carbocycles. The van der Waals surface area contributed by atoms with Crippen molar-refractivity contribution >= 4 is 10.4 Å². The maximum Gasteiger partial charge on any atom is 0.394 e. The van der Waals surface area contributed by atoms with Crippen molar-refractivity contribution in [3.05, 3.63) is 0 Å². The zero-order valence-electron chi connectivity index (χ0n) is 11.3. The summed E-state index contributed by atoms with van der Waals surface area (Å²) in [5.41, 5.74) is 5.35.